The van der Waals surface area contributed by atoms with Crippen LogP contribution in [-0.4, -0.2) is 11.5 Å². The predicted octanol–water partition coefficient (Wildman–Crippen LogP) is 5.00. The Hall–Kier alpha value is -1.69. The maximum absolute atomic E-state index is 13.8. The largest absolute Gasteiger partial charge is 0.368 e. The number of benzene rings is 1. The molecular weight excluding hydrogens is 340 g/mol. The zero-order valence-corrected chi connectivity index (χ0v) is 13.4. The highest BCUT2D eigenvalue weighted by atomic mass is 79.9. The van der Waals surface area contributed by atoms with Crippen molar-refractivity contribution >= 4 is 33.3 Å². The number of hydrogen-bond donors (Lipinski definition) is 2. The smallest absolute Gasteiger partial charge is 0.169 e. The number of hydrogen-bond acceptors (Lipinski definition) is 3. The standard InChI is InChI=1S/C15H16BrF2N3/c1-3-6-19-14-11(17)8-12(18)15(21-14)20-13-5-4-10(16)7-9(13)2/h4-5,7-8H,3,6H2,1-2H3,(H2,19,20,21). The summed E-state index contributed by atoms with van der Waals surface area (Å²) in [6.45, 7) is 4.43. The Bertz CT molecular complexity index is 647. The molecule has 0 saturated carbocycles. The van der Waals surface area contributed by atoms with Crippen molar-refractivity contribution in [3.63, 3.8) is 0 Å². The van der Waals surface area contributed by atoms with Crippen molar-refractivity contribution in [3.8, 4) is 0 Å². The van der Waals surface area contributed by atoms with Gasteiger partial charge in [0.25, 0.3) is 0 Å². The third-order valence-electron chi connectivity index (χ3n) is 2.91. The Balaban J connectivity index is 2.30. The minimum atomic E-state index is -0.725. The average Bonchev–Trinajstić information content (AvgIpc) is 2.43. The molecule has 112 valence electrons. The number of rotatable bonds is 5. The van der Waals surface area contributed by atoms with E-state index in [-0.39, 0.29) is 11.6 Å². The predicted molar refractivity (Wildman–Crippen MR) is 85.1 cm³/mol. The van der Waals surface area contributed by atoms with E-state index in [9.17, 15) is 8.78 Å². The van der Waals surface area contributed by atoms with Gasteiger partial charge in [0.05, 0.1) is 0 Å². The Morgan fingerprint density at radius 1 is 1.14 bits per heavy atom. The van der Waals surface area contributed by atoms with Crippen LogP contribution in [0.2, 0.25) is 0 Å². The number of nitrogens with one attached hydrogen (secondary N) is 2. The molecule has 21 heavy (non-hydrogen) atoms. The molecule has 1 aromatic carbocycles. The first kappa shape index (κ1) is 15.7. The van der Waals surface area contributed by atoms with E-state index in [2.05, 4.69) is 31.5 Å². The summed E-state index contributed by atoms with van der Waals surface area (Å²) in [6, 6.07) is 6.39. The van der Waals surface area contributed by atoms with Gasteiger partial charge in [-0.1, -0.05) is 22.9 Å². The van der Waals surface area contributed by atoms with Gasteiger partial charge in [-0.3, -0.25) is 0 Å². The molecule has 1 heterocycles. The van der Waals surface area contributed by atoms with Gasteiger partial charge >= 0.3 is 0 Å². The van der Waals surface area contributed by atoms with E-state index < -0.39 is 11.6 Å². The van der Waals surface area contributed by atoms with Crippen LogP contribution < -0.4 is 10.6 Å². The van der Waals surface area contributed by atoms with E-state index in [0.717, 1.165) is 28.2 Å². The maximum atomic E-state index is 13.8. The number of aromatic nitrogens is 1. The van der Waals surface area contributed by atoms with Crippen molar-refractivity contribution in [2.24, 2.45) is 0 Å². The Morgan fingerprint density at radius 2 is 1.86 bits per heavy atom. The van der Waals surface area contributed by atoms with Gasteiger partial charge < -0.3 is 10.6 Å². The van der Waals surface area contributed by atoms with Crippen LogP contribution in [0.5, 0.6) is 0 Å². The molecule has 0 spiro atoms. The summed E-state index contributed by atoms with van der Waals surface area (Å²) in [5, 5.41) is 5.74. The highest BCUT2D eigenvalue weighted by molar-refractivity contribution is 9.10. The van der Waals surface area contributed by atoms with Crippen LogP contribution in [0.15, 0.2) is 28.7 Å². The van der Waals surface area contributed by atoms with Gasteiger partial charge in [0.1, 0.15) is 0 Å². The zero-order chi connectivity index (χ0) is 15.4. The summed E-state index contributed by atoms with van der Waals surface area (Å²) < 4.78 is 28.4. The number of anilines is 3. The topological polar surface area (TPSA) is 37.0 Å². The average molecular weight is 356 g/mol. The second-order valence-corrected chi connectivity index (χ2v) is 5.58. The zero-order valence-electron chi connectivity index (χ0n) is 11.8. The first-order valence-electron chi connectivity index (χ1n) is 6.64. The van der Waals surface area contributed by atoms with Gasteiger partial charge in [-0.15, -0.1) is 0 Å². The third kappa shape index (κ3) is 3.91. The van der Waals surface area contributed by atoms with E-state index in [1.807, 2.05) is 32.0 Å². The van der Waals surface area contributed by atoms with E-state index in [0.29, 0.717) is 6.54 Å². The fourth-order valence-electron chi connectivity index (χ4n) is 1.82. The lowest BCUT2D eigenvalue weighted by atomic mass is 10.2. The Kier molecular flexibility index (Phi) is 5.12. The lowest BCUT2D eigenvalue weighted by molar-refractivity contribution is 0.579. The van der Waals surface area contributed by atoms with Crippen LogP contribution in [0.4, 0.5) is 26.1 Å². The number of aryl methyl sites for hydroxylation is 1. The van der Waals surface area contributed by atoms with Gasteiger partial charge in [0.15, 0.2) is 23.3 Å². The van der Waals surface area contributed by atoms with Gasteiger partial charge in [-0.25, -0.2) is 13.8 Å². The van der Waals surface area contributed by atoms with Crippen LogP contribution in [0, 0.1) is 18.6 Å². The minimum Gasteiger partial charge on any atom is -0.368 e. The van der Waals surface area contributed by atoms with Crippen molar-refractivity contribution < 1.29 is 8.78 Å². The molecule has 2 aromatic rings. The number of pyridine rings is 1. The molecule has 0 saturated heterocycles. The highest BCUT2D eigenvalue weighted by Gasteiger charge is 2.12. The number of nitrogens with zero attached hydrogens (tertiary/aromatic N) is 1. The second kappa shape index (κ2) is 6.85. The lowest BCUT2D eigenvalue weighted by Gasteiger charge is -2.12. The maximum Gasteiger partial charge on any atom is 0.169 e. The quantitative estimate of drug-likeness (QED) is 0.792. The molecule has 0 aliphatic carbocycles. The Labute approximate surface area is 130 Å². The van der Waals surface area contributed by atoms with Crippen molar-refractivity contribution in [2.75, 3.05) is 17.2 Å². The van der Waals surface area contributed by atoms with Crippen LogP contribution >= 0.6 is 15.9 Å². The second-order valence-electron chi connectivity index (χ2n) is 4.66. The lowest BCUT2D eigenvalue weighted by Crippen LogP contribution is -2.08. The van der Waals surface area contributed by atoms with Crippen LogP contribution in [0.3, 0.4) is 0 Å². The van der Waals surface area contributed by atoms with Crippen molar-refractivity contribution in [1.29, 1.82) is 0 Å². The monoisotopic (exact) mass is 355 g/mol. The molecule has 0 aliphatic heterocycles. The summed E-state index contributed by atoms with van der Waals surface area (Å²) >= 11 is 3.37. The molecule has 0 bridgehead atoms. The molecule has 0 aliphatic rings. The highest BCUT2D eigenvalue weighted by Crippen LogP contribution is 2.26. The van der Waals surface area contributed by atoms with E-state index >= 15 is 0 Å². The van der Waals surface area contributed by atoms with Gasteiger partial charge in [0.2, 0.25) is 0 Å². The molecule has 0 radical (unpaired) electrons. The third-order valence-corrected chi connectivity index (χ3v) is 3.41. The molecule has 2 N–H and O–H groups in total. The molecule has 6 heteroatoms. The van der Waals surface area contributed by atoms with Crippen LogP contribution in [-0.2, 0) is 0 Å². The molecule has 2 rings (SSSR count). The number of halogens is 3. The SMILES string of the molecule is CCCNc1nc(Nc2ccc(Br)cc2C)c(F)cc1F. The molecule has 3 nitrogen and oxygen atoms in total. The minimum absolute atomic E-state index is 0.000394. The normalized spacial score (nSPS) is 10.5. The molecule has 0 amide bonds. The van der Waals surface area contributed by atoms with Gasteiger partial charge in [0, 0.05) is 22.8 Å². The molecule has 0 unspecified atom stereocenters. The molecule has 1 aromatic heterocycles. The fraction of sp³-hybridized carbons (Fsp3) is 0.267. The van der Waals surface area contributed by atoms with Crippen molar-refractivity contribution in [2.45, 2.75) is 20.3 Å². The Morgan fingerprint density at radius 3 is 2.52 bits per heavy atom. The van der Waals surface area contributed by atoms with Crippen molar-refractivity contribution in [1.82, 2.24) is 4.98 Å². The summed E-state index contributed by atoms with van der Waals surface area (Å²) in [7, 11) is 0. The van der Waals surface area contributed by atoms with E-state index in [1.54, 1.807) is 0 Å². The molecular formula is C15H16BrF2N3. The van der Waals surface area contributed by atoms with Gasteiger partial charge in [-0.2, -0.15) is 0 Å². The molecule has 0 atom stereocenters. The summed E-state index contributed by atoms with van der Waals surface area (Å²) in [5.74, 6) is -1.37. The first-order chi connectivity index (χ1) is 10.0. The fourth-order valence-corrected chi connectivity index (χ4v) is 2.29. The van der Waals surface area contributed by atoms with Crippen molar-refractivity contribution in [3.05, 3.63) is 45.9 Å². The van der Waals surface area contributed by atoms with E-state index in [1.165, 1.54) is 0 Å². The first-order valence-corrected chi connectivity index (χ1v) is 7.43. The summed E-state index contributed by atoms with van der Waals surface area (Å²) in [6.07, 6.45) is 0.826. The van der Waals surface area contributed by atoms with Crippen LogP contribution in [0.1, 0.15) is 18.9 Å². The van der Waals surface area contributed by atoms with Crippen LogP contribution in [0.25, 0.3) is 0 Å². The summed E-state index contributed by atoms with van der Waals surface area (Å²) in [5.41, 5.74) is 1.65. The summed E-state index contributed by atoms with van der Waals surface area (Å²) in [4.78, 5) is 3.98. The van der Waals surface area contributed by atoms with E-state index in [4.69, 9.17) is 0 Å². The molecule has 0 fully saturated rings. The van der Waals surface area contributed by atoms with Gasteiger partial charge in [-0.05, 0) is 37.1 Å².